The molecule has 1 saturated heterocycles. The van der Waals surface area contributed by atoms with E-state index >= 15 is 0 Å². The van der Waals surface area contributed by atoms with Crippen LogP contribution in [0.5, 0.6) is 0 Å². The van der Waals surface area contributed by atoms with Crippen molar-refractivity contribution in [3.05, 3.63) is 95.8 Å². The lowest BCUT2D eigenvalue weighted by atomic mass is 10.1. The second kappa shape index (κ2) is 12.6. The van der Waals surface area contributed by atoms with Gasteiger partial charge in [-0.05, 0) is 61.1 Å². The Morgan fingerprint density at radius 2 is 1.50 bits per heavy atom. The van der Waals surface area contributed by atoms with Crippen LogP contribution in [-0.2, 0) is 17.5 Å². The van der Waals surface area contributed by atoms with Gasteiger partial charge < -0.3 is 25.0 Å². The third-order valence-electron chi connectivity index (χ3n) is 7.75. The van der Waals surface area contributed by atoms with E-state index in [0.717, 1.165) is 25.2 Å². The Morgan fingerprint density at radius 1 is 0.848 bits per heavy atom. The first-order chi connectivity index (χ1) is 22.0. The zero-order valence-corrected chi connectivity index (χ0v) is 25.2. The molecule has 0 atom stereocenters. The number of imidazole rings is 1. The number of hydrogen-bond donors (Lipinski definition) is 2. The Labute approximate surface area is 262 Å². The van der Waals surface area contributed by atoms with Gasteiger partial charge in [-0.25, -0.2) is 15.0 Å². The Morgan fingerprint density at radius 3 is 2.13 bits per heavy atom. The summed E-state index contributed by atoms with van der Waals surface area (Å²) in [6.07, 6.45) is -2.85. The predicted molar refractivity (Wildman–Crippen MR) is 169 cm³/mol. The van der Waals surface area contributed by atoms with Crippen molar-refractivity contribution in [3.63, 3.8) is 0 Å². The maximum absolute atomic E-state index is 13.1. The first kappa shape index (κ1) is 30.7. The number of carbonyl (C=O) groups is 2. The number of amides is 2. The van der Waals surface area contributed by atoms with Gasteiger partial charge in [0.1, 0.15) is 0 Å². The molecule has 2 N–H and O–H groups in total. The lowest BCUT2D eigenvalue weighted by molar-refractivity contribution is -0.137. The molecule has 5 aromatic rings. The minimum atomic E-state index is -4.42. The topological polar surface area (TPSA) is 108 Å². The van der Waals surface area contributed by atoms with Crippen molar-refractivity contribution in [2.45, 2.75) is 19.6 Å². The third-order valence-corrected chi connectivity index (χ3v) is 7.75. The van der Waals surface area contributed by atoms with E-state index in [1.54, 1.807) is 59.4 Å². The lowest BCUT2D eigenvalue weighted by Gasteiger charge is -2.32. The SMILES string of the molecule is CC(=O)Nc1ccc(Nc2nc(-c3ccc(C(=O)N4CCN(C)CC4)cc3)nc3c2ncn3Cc2ccc(C(F)(F)F)cc2)cc1. The van der Waals surface area contributed by atoms with E-state index in [0.29, 0.717) is 64.0 Å². The summed E-state index contributed by atoms with van der Waals surface area (Å²) in [7, 11) is 2.03. The highest BCUT2D eigenvalue weighted by molar-refractivity contribution is 5.95. The summed E-state index contributed by atoms with van der Waals surface area (Å²) in [5.74, 6) is 0.571. The summed E-state index contributed by atoms with van der Waals surface area (Å²) in [5.41, 5.74) is 3.42. The van der Waals surface area contributed by atoms with Gasteiger partial charge in [0, 0.05) is 55.6 Å². The molecule has 236 valence electrons. The molecule has 3 aromatic carbocycles. The predicted octanol–water partition coefficient (Wildman–Crippen LogP) is 5.65. The molecular weight excluding hydrogens is 597 g/mol. The first-order valence-electron chi connectivity index (χ1n) is 14.7. The van der Waals surface area contributed by atoms with Crippen LogP contribution >= 0.6 is 0 Å². The molecule has 0 radical (unpaired) electrons. The van der Waals surface area contributed by atoms with Crippen molar-refractivity contribution in [1.82, 2.24) is 29.3 Å². The van der Waals surface area contributed by atoms with Crippen LogP contribution in [0.15, 0.2) is 79.1 Å². The van der Waals surface area contributed by atoms with Crippen molar-refractivity contribution in [2.24, 2.45) is 0 Å². The molecule has 3 heterocycles. The summed E-state index contributed by atoms with van der Waals surface area (Å²) in [6, 6.07) is 19.2. The van der Waals surface area contributed by atoms with Crippen LogP contribution in [0.2, 0.25) is 0 Å². The van der Waals surface area contributed by atoms with E-state index in [4.69, 9.17) is 9.97 Å². The van der Waals surface area contributed by atoms with Crippen molar-refractivity contribution >= 4 is 40.2 Å². The van der Waals surface area contributed by atoms with Gasteiger partial charge in [0.05, 0.1) is 18.4 Å². The van der Waals surface area contributed by atoms with Crippen LogP contribution in [0.3, 0.4) is 0 Å². The Kier molecular flexibility index (Phi) is 8.41. The van der Waals surface area contributed by atoms with Gasteiger partial charge in [-0.1, -0.05) is 24.3 Å². The summed E-state index contributed by atoms with van der Waals surface area (Å²) in [5, 5.41) is 6.02. The molecule has 2 amide bonds. The molecule has 6 rings (SSSR count). The largest absolute Gasteiger partial charge is 0.416 e. The Hall–Kier alpha value is -5.30. The number of likely N-dealkylation sites (N-methyl/N-ethyl adjacent to an activating group) is 1. The number of alkyl halides is 3. The van der Waals surface area contributed by atoms with E-state index in [1.165, 1.54) is 19.1 Å². The van der Waals surface area contributed by atoms with Crippen LogP contribution < -0.4 is 10.6 Å². The molecule has 46 heavy (non-hydrogen) atoms. The van der Waals surface area contributed by atoms with Crippen LogP contribution in [0.25, 0.3) is 22.6 Å². The quantitative estimate of drug-likeness (QED) is 0.240. The highest BCUT2D eigenvalue weighted by atomic mass is 19.4. The summed E-state index contributed by atoms with van der Waals surface area (Å²) >= 11 is 0. The number of anilines is 3. The highest BCUT2D eigenvalue weighted by Gasteiger charge is 2.30. The molecular formula is C33H31F3N8O2. The van der Waals surface area contributed by atoms with Gasteiger partial charge in [-0.2, -0.15) is 13.2 Å². The second-order valence-corrected chi connectivity index (χ2v) is 11.2. The normalized spacial score (nSPS) is 14.0. The number of halogens is 3. The van der Waals surface area contributed by atoms with Crippen LogP contribution in [0.1, 0.15) is 28.4 Å². The van der Waals surface area contributed by atoms with Gasteiger partial charge in [-0.3, -0.25) is 9.59 Å². The van der Waals surface area contributed by atoms with E-state index < -0.39 is 11.7 Å². The van der Waals surface area contributed by atoms with Gasteiger partial charge in [0.2, 0.25) is 5.91 Å². The van der Waals surface area contributed by atoms with E-state index in [9.17, 15) is 22.8 Å². The minimum Gasteiger partial charge on any atom is -0.338 e. The fourth-order valence-corrected chi connectivity index (χ4v) is 5.20. The van der Waals surface area contributed by atoms with Crippen molar-refractivity contribution in [1.29, 1.82) is 0 Å². The van der Waals surface area contributed by atoms with Gasteiger partial charge in [0.25, 0.3) is 5.91 Å². The molecule has 2 aromatic heterocycles. The van der Waals surface area contributed by atoms with Crippen LogP contribution in [-0.4, -0.2) is 74.4 Å². The number of rotatable bonds is 7. The number of nitrogens with zero attached hydrogens (tertiary/aromatic N) is 6. The van der Waals surface area contributed by atoms with Gasteiger partial charge in [-0.15, -0.1) is 0 Å². The molecule has 10 nitrogen and oxygen atoms in total. The molecule has 0 saturated carbocycles. The molecule has 13 heteroatoms. The first-order valence-corrected chi connectivity index (χ1v) is 14.7. The molecule has 1 aliphatic heterocycles. The second-order valence-electron chi connectivity index (χ2n) is 11.2. The average molecular weight is 629 g/mol. The number of aromatic nitrogens is 4. The summed E-state index contributed by atoms with van der Waals surface area (Å²) in [6.45, 7) is 4.64. The van der Waals surface area contributed by atoms with Crippen molar-refractivity contribution in [3.8, 4) is 11.4 Å². The molecule has 0 bridgehead atoms. The fraction of sp³-hybridized carbons (Fsp3) is 0.242. The summed E-state index contributed by atoms with van der Waals surface area (Å²) in [4.78, 5) is 42.7. The average Bonchev–Trinajstić information content (AvgIpc) is 3.44. The van der Waals surface area contributed by atoms with E-state index in [2.05, 4.69) is 20.5 Å². The van der Waals surface area contributed by atoms with Crippen molar-refractivity contribution < 1.29 is 22.8 Å². The van der Waals surface area contributed by atoms with E-state index in [-0.39, 0.29) is 18.4 Å². The Bertz CT molecular complexity index is 1860. The van der Waals surface area contributed by atoms with Crippen LogP contribution in [0.4, 0.5) is 30.4 Å². The molecule has 0 aliphatic carbocycles. The number of carbonyl (C=O) groups excluding carboxylic acids is 2. The van der Waals surface area contributed by atoms with E-state index in [1.807, 2.05) is 11.9 Å². The number of piperazine rings is 1. The number of fused-ring (bicyclic) bond motifs is 1. The number of benzene rings is 3. The highest BCUT2D eigenvalue weighted by Crippen LogP contribution is 2.31. The lowest BCUT2D eigenvalue weighted by Crippen LogP contribution is -2.47. The summed E-state index contributed by atoms with van der Waals surface area (Å²) < 4.78 is 41.1. The smallest absolute Gasteiger partial charge is 0.338 e. The number of nitrogens with one attached hydrogen (secondary N) is 2. The minimum absolute atomic E-state index is 0.0318. The number of hydrogen-bond acceptors (Lipinski definition) is 7. The Balaban J connectivity index is 1.33. The fourth-order valence-electron chi connectivity index (χ4n) is 5.20. The maximum atomic E-state index is 13.1. The maximum Gasteiger partial charge on any atom is 0.416 e. The molecule has 0 unspecified atom stereocenters. The zero-order valence-electron chi connectivity index (χ0n) is 25.2. The van der Waals surface area contributed by atoms with Crippen LogP contribution in [0, 0.1) is 0 Å². The third kappa shape index (κ3) is 6.84. The van der Waals surface area contributed by atoms with Crippen molar-refractivity contribution in [2.75, 3.05) is 43.9 Å². The van der Waals surface area contributed by atoms with Gasteiger partial charge >= 0.3 is 6.18 Å². The molecule has 1 fully saturated rings. The monoisotopic (exact) mass is 628 g/mol. The standard InChI is InChI=1S/C33H31F3N8O2/c1-21(45)38-26-11-13-27(14-12-26)39-30-28-31(44(20-37-28)19-22-3-9-25(10-4-22)33(34,35)36)41-29(40-30)23-5-7-24(8-6-23)32(46)43-17-15-42(2)16-18-43/h3-14,20H,15-19H2,1-2H3,(H,38,45)(H,39,40,41). The van der Waals surface area contributed by atoms with Gasteiger partial charge in [0.15, 0.2) is 22.8 Å². The molecule has 0 spiro atoms. The zero-order chi connectivity index (χ0) is 32.4. The molecule has 1 aliphatic rings.